The number of aliphatic carboxylic acids is 2. The van der Waals surface area contributed by atoms with Gasteiger partial charge in [-0.05, 0) is 51.4 Å². The molecule has 0 aliphatic rings. The van der Waals surface area contributed by atoms with E-state index in [4.69, 9.17) is 10.2 Å². The Balaban J connectivity index is 0. The van der Waals surface area contributed by atoms with E-state index in [1.54, 1.807) is 6.08 Å². The summed E-state index contributed by atoms with van der Waals surface area (Å²) in [5.41, 5.74) is 0. The van der Waals surface area contributed by atoms with Gasteiger partial charge in [-0.15, -0.1) is 0 Å². The summed E-state index contributed by atoms with van der Waals surface area (Å²) in [4.78, 5) is 20.5. The first-order chi connectivity index (χ1) is 16.5. The Kier molecular flexibility index (Phi) is 31.5. The van der Waals surface area contributed by atoms with Gasteiger partial charge in [0.05, 0.1) is 6.42 Å². The van der Waals surface area contributed by atoms with Crippen LogP contribution in [0, 0.1) is 0 Å². The molecule has 0 aliphatic heterocycles. The summed E-state index contributed by atoms with van der Waals surface area (Å²) in [6.07, 6.45) is 35.0. The minimum absolute atomic E-state index is 0.130. The van der Waals surface area contributed by atoms with Crippen molar-refractivity contribution in [1.29, 1.82) is 0 Å². The van der Waals surface area contributed by atoms with E-state index in [9.17, 15) is 9.59 Å². The van der Waals surface area contributed by atoms with Gasteiger partial charge >= 0.3 is 11.9 Å². The standard InChI is InChI=1S/C15H28O2.C15H26O2/c2*1-2-3-4-5-6-7-8-9-10-11-12-13-14-15(16)17/h9-10H,2-8,11-14H2,1H3,(H,16,17);9-10,12-13H,2-8,11,14H2,1H3,(H,16,17). The number of hydrogen-bond acceptors (Lipinski definition) is 2. The summed E-state index contributed by atoms with van der Waals surface area (Å²) >= 11 is 0. The van der Waals surface area contributed by atoms with Gasteiger partial charge in [0, 0.05) is 6.42 Å². The molecule has 198 valence electrons. The molecule has 0 aromatic heterocycles. The van der Waals surface area contributed by atoms with Crippen molar-refractivity contribution in [2.24, 2.45) is 0 Å². The number of hydrogen-bond donors (Lipinski definition) is 2. The minimum Gasteiger partial charge on any atom is -0.481 e. The zero-order chi connectivity index (χ0) is 25.5. The highest BCUT2D eigenvalue weighted by Crippen LogP contribution is 2.09. The van der Waals surface area contributed by atoms with Crippen molar-refractivity contribution in [3.05, 3.63) is 36.5 Å². The van der Waals surface area contributed by atoms with Crippen LogP contribution >= 0.6 is 0 Å². The van der Waals surface area contributed by atoms with Gasteiger partial charge in [-0.1, -0.05) is 115 Å². The monoisotopic (exact) mass is 478 g/mol. The van der Waals surface area contributed by atoms with Crippen LogP contribution in [0.1, 0.15) is 142 Å². The average Bonchev–Trinajstić information content (AvgIpc) is 2.80. The smallest absolute Gasteiger partial charge is 0.307 e. The van der Waals surface area contributed by atoms with E-state index >= 15 is 0 Å². The number of carbonyl (C=O) groups is 2. The molecule has 34 heavy (non-hydrogen) atoms. The number of rotatable bonds is 23. The Hall–Kier alpha value is -1.84. The molecular weight excluding hydrogens is 424 g/mol. The molecule has 0 atom stereocenters. The van der Waals surface area contributed by atoms with Gasteiger partial charge in [0.15, 0.2) is 0 Å². The topological polar surface area (TPSA) is 74.6 Å². The molecule has 4 heteroatoms. The van der Waals surface area contributed by atoms with Gasteiger partial charge in [-0.2, -0.15) is 0 Å². The van der Waals surface area contributed by atoms with Crippen LogP contribution in [0.3, 0.4) is 0 Å². The Morgan fingerprint density at radius 2 is 0.912 bits per heavy atom. The van der Waals surface area contributed by atoms with Crippen LogP contribution < -0.4 is 0 Å². The molecule has 0 saturated heterocycles. The van der Waals surface area contributed by atoms with Crippen LogP contribution in [0.15, 0.2) is 36.5 Å². The van der Waals surface area contributed by atoms with E-state index in [2.05, 4.69) is 38.2 Å². The van der Waals surface area contributed by atoms with E-state index in [1.165, 1.54) is 83.5 Å². The van der Waals surface area contributed by atoms with Crippen molar-refractivity contribution in [3.63, 3.8) is 0 Å². The molecule has 0 aromatic carbocycles. The lowest BCUT2D eigenvalue weighted by molar-refractivity contribution is -0.137. The molecule has 0 saturated carbocycles. The summed E-state index contributed by atoms with van der Waals surface area (Å²) in [7, 11) is 0. The van der Waals surface area contributed by atoms with Gasteiger partial charge in [0.1, 0.15) is 0 Å². The second-order valence-electron chi connectivity index (χ2n) is 9.00. The van der Waals surface area contributed by atoms with Gasteiger partial charge in [0.2, 0.25) is 0 Å². The van der Waals surface area contributed by atoms with Gasteiger partial charge in [-0.25, -0.2) is 0 Å². The summed E-state index contributed by atoms with van der Waals surface area (Å²) < 4.78 is 0. The fourth-order valence-electron chi connectivity index (χ4n) is 3.43. The van der Waals surface area contributed by atoms with E-state index in [0.717, 1.165) is 32.1 Å². The molecule has 0 spiro atoms. The molecule has 0 heterocycles. The van der Waals surface area contributed by atoms with Crippen molar-refractivity contribution >= 4 is 11.9 Å². The van der Waals surface area contributed by atoms with E-state index in [-0.39, 0.29) is 6.42 Å². The molecular formula is C30H54O4. The number of allylic oxidation sites excluding steroid dienone is 5. The first kappa shape index (κ1) is 34.3. The number of unbranched alkanes of at least 4 members (excludes halogenated alkanes) is 14. The predicted octanol–water partition coefficient (Wildman–Crippen LogP) is 9.65. The lowest BCUT2D eigenvalue weighted by Gasteiger charge is -1.97. The van der Waals surface area contributed by atoms with E-state index in [0.29, 0.717) is 6.42 Å². The number of carboxylic acid groups (broad SMARTS) is 2. The SMILES string of the molecule is CCCCCCCCC=CCC=CCC(=O)O.CCCCCCCCC=CCCCCC(=O)O. The third-order valence-corrected chi connectivity index (χ3v) is 5.52. The Bertz CT molecular complexity index is 520. The zero-order valence-corrected chi connectivity index (χ0v) is 22.3. The number of carboxylic acids is 2. The summed E-state index contributed by atoms with van der Waals surface area (Å²) in [5, 5.41) is 16.9. The summed E-state index contributed by atoms with van der Waals surface area (Å²) in [5.74, 6) is -1.45. The Morgan fingerprint density at radius 1 is 0.500 bits per heavy atom. The highest BCUT2D eigenvalue weighted by Gasteiger charge is 1.94. The summed E-state index contributed by atoms with van der Waals surface area (Å²) in [6, 6.07) is 0. The maximum absolute atomic E-state index is 10.3. The average molecular weight is 479 g/mol. The molecule has 0 unspecified atom stereocenters. The molecule has 0 radical (unpaired) electrons. The van der Waals surface area contributed by atoms with Crippen molar-refractivity contribution in [3.8, 4) is 0 Å². The van der Waals surface area contributed by atoms with Gasteiger partial charge in [-0.3, -0.25) is 9.59 Å². The molecule has 0 aromatic rings. The molecule has 0 bridgehead atoms. The molecule has 2 N–H and O–H groups in total. The molecule has 0 aliphatic carbocycles. The molecule has 4 nitrogen and oxygen atoms in total. The lowest BCUT2D eigenvalue weighted by Crippen LogP contribution is -1.92. The van der Waals surface area contributed by atoms with Crippen LogP contribution in [0.25, 0.3) is 0 Å². The third-order valence-electron chi connectivity index (χ3n) is 5.52. The highest BCUT2D eigenvalue weighted by atomic mass is 16.4. The lowest BCUT2D eigenvalue weighted by atomic mass is 10.1. The second-order valence-corrected chi connectivity index (χ2v) is 9.00. The summed E-state index contributed by atoms with van der Waals surface area (Å²) in [6.45, 7) is 4.48. The fraction of sp³-hybridized carbons (Fsp3) is 0.733. The van der Waals surface area contributed by atoms with Crippen LogP contribution in [-0.2, 0) is 9.59 Å². The van der Waals surface area contributed by atoms with Crippen LogP contribution in [-0.4, -0.2) is 22.2 Å². The first-order valence-corrected chi connectivity index (χ1v) is 13.9. The van der Waals surface area contributed by atoms with Gasteiger partial charge in [0.25, 0.3) is 0 Å². The second kappa shape index (κ2) is 31.2. The van der Waals surface area contributed by atoms with E-state index in [1.807, 2.05) is 6.08 Å². The zero-order valence-electron chi connectivity index (χ0n) is 22.3. The maximum Gasteiger partial charge on any atom is 0.307 e. The maximum atomic E-state index is 10.3. The van der Waals surface area contributed by atoms with Gasteiger partial charge < -0.3 is 10.2 Å². The fourth-order valence-corrected chi connectivity index (χ4v) is 3.43. The van der Waals surface area contributed by atoms with Crippen molar-refractivity contribution in [1.82, 2.24) is 0 Å². The Labute approximate surface area is 210 Å². The largest absolute Gasteiger partial charge is 0.481 e. The van der Waals surface area contributed by atoms with Crippen molar-refractivity contribution in [2.45, 2.75) is 142 Å². The minimum atomic E-state index is -0.766. The molecule has 0 fully saturated rings. The Morgan fingerprint density at radius 3 is 1.38 bits per heavy atom. The van der Waals surface area contributed by atoms with Crippen molar-refractivity contribution in [2.75, 3.05) is 0 Å². The van der Waals surface area contributed by atoms with E-state index < -0.39 is 11.9 Å². The third kappa shape index (κ3) is 37.5. The quantitative estimate of drug-likeness (QED) is 0.113. The van der Waals surface area contributed by atoms with Crippen LogP contribution in [0.4, 0.5) is 0 Å². The first-order valence-electron chi connectivity index (χ1n) is 13.9. The normalized spacial score (nSPS) is 11.4. The predicted molar refractivity (Wildman–Crippen MR) is 146 cm³/mol. The highest BCUT2D eigenvalue weighted by molar-refractivity contribution is 5.68. The molecule has 0 amide bonds. The van der Waals surface area contributed by atoms with Crippen molar-refractivity contribution < 1.29 is 19.8 Å². The molecule has 0 rings (SSSR count). The van der Waals surface area contributed by atoms with Crippen LogP contribution in [0.2, 0.25) is 0 Å². The van der Waals surface area contributed by atoms with Crippen LogP contribution in [0.5, 0.6) is 0 Å².